The molecule has 0 aromatic heterocycles. The van der Waals surface area contributed by atoms with Crippen molar-refractivity contribution in [1.29, 1.82) is 0 Å². The van der Waals surface area contributed by atoms with E-state index >= 15 is 0 Å². The summed E-state index contributed by atoms with van der Waals surface area (Å²) in [6.45, 7) is 0. The van der Waals surface area contributed by atoms with Crippen molar-refractivity contribution < 1.29 is 9.47 Å². The van der Waals surface area contributed by atoms with E-state index in [9.17, 15) is 0 Å². The Bertz CT molecular complexity index is 116. The molecule has 0 bridgehead atoms. The Morgan fingerprint density at radius 1 is 0.846 bits per heavy atom. The summed E-state index contributed by atoms with van der Waals surface area (Å²) in [5, 5.41) is 3.35. The molecule has 1 rings (SSSR count). The van der Waals surface area contributed by atoms with Gasteiger partial charge in [-0.3, -0.25) is 5.32 Å². The summed E-state index contributed by atoms with van der Waals surface area (Å²) in [5.74, 6) is 0. The number of hydrogen-bond donors (Lipinski definition) is 1. The summed E-state index contributed by atoms with van der Waals surface area (Å²) >= 11 is 0. The van der Waals surface area contributed by atoms with Crippen LogP contribution in [0.1, 0.15) is 38.5 Å². The molecule has 0 aliphatic carbocycles. The van der Waals surface area contributed by atoms with E-state index in [1.54, 1.807) is 14.2 Å². The van der Waals surface area contributed by atoms with Crippen LogP contribution < -0.4 is 5.32 Å². The molecule has 78 valence electrons. The molecular weight excluding hydrogens is 166 g/mol. The molecule has 0 radical (unpaired) electrons. The smallest absolute Gasteiger partial charge is 0.109 e. The standard InChI is InChI=1S/C10H21NO2/c1-12-9-7-5-3-4-6-8-10(11-9)13-2/h9-11H,3-8H2,1-2H3. The first-order valence-corrected chi connectivity index (χ1v) is 5.18. The Balaban J connectivity index is 2.37. The lowest BCUT2D eigenvalue weighted by Gasteiger charge is -2.22. The summed E-state index contributed by atoms with van der Waals surface area (Å²) in [5.41, 5.74) is 0. The lowest BCUT2D eigenvalue weighted by atomic mass is 10.1. The highest BCUT2D eigenvalue weighted by Crippen LogP contribution is 2.13. The average molecular weight is 187 g/mol. The number of methoxy groups -OCH3 is 2. The molecule has 0 saturated carbocycles. The van der Waals surface area contributed by atoms with Crippen LogP contribution in [0.2, 0.25) is 0 Å². The monoisotopic (exact) mass is 187 g/mol. The van der Waals surface area contributed by atoms with E-state index in [2.05, 4.69) is 5.32 Å². The van der Waals surface area contributed by atoms with Crippen LogP contribution in [0.4, 0.5) is 0 Å². The highest BCUT2D eigenvalue weighted by Gasteiger charge is 2.15. The normalized spacial score (nSPS) is 31.8. The van der Waals surface area contributed by atoms with Gasteiger partial charge in [-0.2, -0.15) is 0 Å². The van der Waals surface area contributed by atoms with Gasteiger partial charge < -0.3 is 9.47 Å². The summed E-state index contributed by atoms with van der Waals surface area (Å²) < 4.78 is 10.6. The average Bonchev–Trinajstić information content (AvgIpc) is 2.28. The number of ether oxygens (including phenoxy) is 2. The van der Waals surface area contributed by atoms with Crippen molar-refractivity contribution >= 4 is 0 Å². The van der Waals surface area contributed by atoms with E-state index in [0.29, 0.717) is 0 Å². The first kappa shape index (κ1) is 11.0. The van der Waals surface area contributed by atoms with Crippen LogP contribution in [0, 0.1) is 0 Å². The fraction of sp³-hybridized carbons (Fsp3) is 1.00. The van der Waals surface area contributed by atoms with Crippen molar-refractivity contribution in [3.63, 3.8) is 0 Å². The van der Waals surface area contributed by atoms with Crippen molar-refractivity contribution in [2.45, 2.75) is 51.0 Å². The Hall–Kier alpha value is -0.120. The third-order valence-electron chi connectivity index (χ3n) is 2.62. The van der Waals surface area contributed by atoms with Gasteiger partial charge in [-0.15, -0.1) is 0 Å². The molecule has 13 heavy (non-hydrogen) atoms. The Morgan fingerprint density at radius 2 is 1.31 bits per heavy atom. The van der Waals surface area contributed by atoms with Gasteiger partial charge in [0.2, 0.25) is 0 Å². The van der Waals surface area contributed by atoms with Gasteiger partial charge in [0.05, 0.1) is 0 Å². The molecule has 1 saturated heterocycles. The largest absolute Gasteiger partial charge is 0.367 e. The van der Waals surface area contributed by atoms with E-state index in [4.69, 9.17) is 9.47 Å². The van der Waals surface area contributed by atoms with Gasteiger partial charge in [-0.05, 0) is 25.7 Å². The van der Waals surface area contributed by atoms with Crippen LogP contribution in [-0.4, -0.2) is 26.7 Å². The van der Waals surface area contributed by atoms with Gasteiger partial charge in [0.15, 0.2) is 0 Å². The first-order chi connectivity index (χ1) is 6.36. The van der Waals surface area contributed by atoms with Gasteiger partial charge >= 0.3 is 0 Å². The zero-order chi connectivity index (χ0) is 9.52. The third kappa shape index (κ3) is 4.07. The molecular formula is C10H21NO2. The quantitative estimate of drug-likeness (QED) is 0.716. The predicted octanol–water partition coefficient (Wildman–Crippen LogP) is 1.88. The molecule has 0 aromatic rings. The van der Waals surface area contributed by atoms with Crippen molar-refractivity contribution in [2.24, 2.45) is 0 Å². The summed E-state index contributed by atoms with van der Waals surface area (Å²) in [6, 6.07) is 0. The molecule has 0 amide bonds. The molecule has 0 spiro atoms. The third-order valence-corrected chi connectivity index (χ3v) is 2.62. The van der Waals surface area contributed by atoms with E-state index in [1.807, 2.05) is 0 Å². The molecule has 0 aromatic carbocycles. The maximum absolute atomic E-state index is 5.32. The van der Waals surface area contributed by atoms with Gasteiger partial charge in [0, 0.05) is 14.2 Å². The van der Waals surface area contributed by atoms with Gasteiger partial charge in [-0.1, -0.05) is 12.8 Å². The highest BCUT2D eigenvalue weighted by molar-refractivity contribution is 4.64. The number of nitrogens with one attached hydrogen (secondary N) is 1. The van der Waals surface area contributed by atoms with Crippen molar-refractivity contribution in [3.05, 3.63) is 0 Å². The minimum absolute atomic E-state index is 0.169. The Labute approximate surface area is 80.8 Å². The molecule has 3 nitrogen and oxygen atoms in total. The summed E-state index contributed by atoms with van der Waals surface area (Å²) in [6.07, 6.45) is 7.66. The Morgan fingerprint density at radius 3 is 1.69 bits per heavy atom. The lowest BCUT2D eigenvalue weighted by molar-refractivity contribution is -0.0152. The van der Waals surface area contributed by atoms with E-state index < -0.39 is 0 Å². The molecule has 3 heteroatoms. The SMILES string of the molecule is COC1CCCCCCC(OC)N1. The number of rotatable bonds is 2. The molecule has 1 N–H and O–H groups in total. The van der Waals surface area contributed by atoms with Gasteiger partial charge in [-0.25, -0.2) is 0 Å². The van der Waals surface area contributed by atoms with Crippen molar-refractivity contribution in [3.8, 4) is 0 Å². The Kier molecular flexibility index (Phi) is 5.35. The number of hydrogen-bond acceptors (Lipinski definition) is 3. The summed E-state index contributed by atoms with van der Waals surface area (Å²) in [4.78, 5) is 0. The maximum atomic E-state index is 5.32. The second-order valence-corrected chi connectivity index (χ2v) is 3.61. The zero-order valence-electron chi connectivity index (χ0n) is 8.71. The second-order valence-electron chi connectivity index (χ2n) is 3.61. The highest BCUT2D eigenvalue weighted by atomic mass is 16.5. The van der Waals surface area contributed by atoms with Crippen LogP contribution in [0.25, 0.3) is 0 Å². The molecule has 2 atom stereocenters. The van der Waals surface area contributed by atoms with Crippen LogP contribution in [0.3, 0.4) is 0 Å². The van der Waals surface area contributed by atoms with Crippen LogP contribution in [0.5, 0.6) is 0 Å². The molecule has 1 aliphatic rings. The molecule has 1 aliphatic heterocycles. The minimum atomic E-state index is 0.169. The molecule has 1 fully saturated rings. The van der Waals surface area contributed by atoms with E-state index in [1.165, 1.54) is 25.7 Å². The first-order valence-electron chi connectivity index (χ1n) is 5.18. The maximum Gasteiger partial charge on any atom is 0.109 e. The molecule has 2 unspecified atom stereocenters. The fourth-order valence-electron chi connectivity index (χ4n) is 1.76. The van der Waals surface area contributed by atoms with Crippen LogP contribution in [0.15, 0.2) is 0 Å². The van der Waals surface area contributed by atoms with E-state index in [-0.39, 0.29) is 12.5 Å². The summed E-state index contributed by atoms with van der Waals surface area (Å²) in [7, 11) is 3.50. The van der Waals surface area contributed by atoms with Gasteiger partial charge in [0.25, 0.3) is 0 Å². The second kappa shape index (κ2) is 6.35. The fourth-order valence-corrected chi connectivity index (χ4v) is 1.76. The van der Waals surface area contributed by atoms with E-state index in [0.717, 1.165) is 12.8 Å². The molecule has 1 heterocycles. The van der Waals surface area contributed by atoms with Crippen LogP contribution in [-0.2, 0) is 9.47 Å². The topological polar surface area (TPSA) is 30.5 Å². The van der Waals surface area contributed by atoms with Gasteiger partial charge in [0.1, 0.15) is 12.5 Å². The van der Waals surface area contributed by atoms with Crippen molar-refractivity contribution in [1.82, 2.24) is 5.32 Å². The lowest BCUT2D eigenvalue weighted by Crippen LogP contribution is -2.40. The zero-order valence-corrected chi connectivity index (χ0v) is 8.71. The minimum Gasteiger partial charge on any atom is -0.367 e. The predicted molar refractivity (Wildman–Crippen MR) is 52.4 cm³/mol. The van der Waals surface area contributed by atoms with Crippen molar-refractivity contribution in [2.75, 3.05) is 14.2 Å². The van der Waals surface area contributed by atoms with Crippen LogP contribution >= 0.6 is 0 Å².